The number of aromatic amines is 1. The van der Waals surface area contributed by atoms with Crippen molar-refractivity contribution in [1.29, 1.82) is 0 Å². The Hall–Kier alpha value is -3.27. The largest absolute Gasteiger partial charge is 0.383 e. The van der Waals surface area contributed by atoms with Crippen LogP contribution in [0.1, 0.15) is 55.4 Å². The van der Waals surface area contributed by atoms with Crippen molar-refractivity contribution in [2.75, 3.05) is 17.2 Å². The molecule has 0 aliphatic heterocycles. The molecule has 0 spiro atoms. The third kappa shape index (κ3) is 5.44. The summed E-state index contributed by atoms with van der Waals surface area (Å²) < 4.78 is 14.6. The smallest absolute Gasteiger partial charge is 0.330 e. The van der Waals surface area contributed by atoms with Gasteiger partial charge in [0.15, 0.2) is 5.69 Å². The number of carbonyl (C=O) groups is 1. The minimum atomic E-state index is -0.701. The number of amides is 1. The quantitative estimate of drug-likeness (QED) is 0.470. The number of aromatic nitrogens is 3. The van der Waals surface area contributed by atoms with Gasteiger partial charge in [-0.25, -0.2) is 14.2 Å². The monoisotopic (exact) mass is 487 g/mol. The van der Waals surface area contributed by atoms with Crippen LogP contribution in [0.4, 0.5) is 15.9 Å². The van der Waals surface area contributed by atoms with Gasteiger partial charge in [-0.05, 0) is 49.9 Å². The lowest BCUT2D eigenvalue weighted by molar-refractivity contribution is 0.0988. The molecule has 8 nitrogen and oxygen atoms in total. The van der Waals surface area contributed by atoms with Gasteiger partial charge < -0.3 is 5.73 Å². The van der Waals surface area contributed by atoms with Crippen molar-refractivity contribution >= 4 is 28.7 Å². The molecule has 0 radical (unpaired) electrons. The molecule has 2 aromatic heterocycles. The molecule has 2 heterocycles. The zero-order valence-electron chi connectivity index (χ0n) is 19.9. The molecule has 34 heavy (non-hydrogen) atoms. The van der Waals surface area contributed by atoms with Crippen LogP contribution >= 0.6 is 11.3 Å². The molecule has 0 saturated carbocycles. The summed E-state index contributed by atoms with van der Waals surface area (Å²) in [5.74, 6) is -0.540. The molecule has 0 bridgehead atoms. The fraction of sp³-hybridized carbons (Fsp3) is 0.417. The average molecular weight is 488 g/mol. The molecule has 3 N–H and O–H groups in total. The predicted molar refractivity (Wildman–Crippen MR) is 134 cm³/mol. The number of hydrogen-bond donors (Lipinski definition) is 2. The number of halogens is 1. The zero-order valence-corrected chi connectivity index (χ0v) is 20.7. The number of H-pyrrole nitrogens is 1. The van der Waals surface area contributed by atoms with Crippen LogP contribution in [-0.4, -0.2) is 27.0 Å². The molecule has 1 amide bonds. The minimum Gasteiger partial charge on any atom is -0.383 e. The molecule has 0 atom stereocenters. The molecule has 10 heteroatoms. The summed E-state index contributed by atoms with van der Waals surface area (Å²) in [5.41, 5.74) is 6.16. The molecule has 3 aromatic rings. The number of carbonyl (C=O) groups excluding carboxylic acids is 1. The second-order valence-electron chi connectivity index (χ2n) is 8.58. The highest BCUT2D eigenvalue weighted by atomic mass is 32.1. The predicted octanol–water partition coefficient (Wildman–Crippen LogP) is 4.18. The number of rotatable bonds is 9. The van der Waals surface area contributed by atoms with Crippen LogP contribution in [-0.2, 0) is 6.54 Å². The van der Waals surface area contributed by atoms with E-state index in [-0.39, 0.29) is 29.8 Å². The van der Waals surface area contributed by atoms with Crippen LogP contribution < -0.4 is 21.9 Å². The fourth-order valence-corrected chi connectivity index (χ4v) is 4.53. The highest BCUT2D eigenvalue weighted by Gasteiger charge is 2.28. The number of anilines is 2. The van der Waals surface area contributed by atoms with Gasteiger partial charge in [0.1, 0.15) is 21.5 Å². The number of hydrogen-bond acceptors (Lipinski definition) is 6. The second kappa shape index (κ2) is 10.8. The number of nitrogens with zero attached hydrogens (tertiary/aromatic N) is 3. The third-order valence-electron chi connectivity index (χ3n) is 5.48. The maximum Gasteiger partial charge on any atom is 0.330 e. The molecule has 0 aliphatic rings. The Balaban J connectivity index is 2.09. The molecule has 3 rings (SSSR count). The Morgan fingerprint density at radius 2 is 1.94 bits per heavy atom. The summed E-state index contributed by atoms with van der Waals surface area (Å²) in [6, 6.07) is 5.87. The van der Waals surface area contributed by atoms with Gasteiger partial charge in [-0.3, -0.25) is 24.0 Å². The maximum absolute atomic E-state index is 13.7. The lowest BCUT2D eigenvalue weighted by Gasteiger charge is -2.25. The molecule has 1 aromatic carbocycles. The first-order valence-electron chi connectivity index (χ1n) is 11.3. The van der Waals surface area contributed by atoms with Gasteiger partial charge in [0.25, 0.3) is 11.5 Å². The molecular formula is C24H30FN5O3S. The van der Waals surface area contributed by atoms with Crippen molar-refractivity contribution in [3.05, 3.63) is 61.5 Å². The van der Waals surface area contributed by atoms with Gasteiger partial charge in [0.2, 0.25) is 0 Å². The van der Waals surface area contributed by atoms with Crippen LogP contribution in [0.15, 0.2) is 33.9 Å². The van der Waals surface area contributed by atoms with E-state index in [0.29, 0.717) is 40.5 Å². The number of nitrogen functional groups attached to an aromatic ring is 1. The van der Waals surface area contributed by atoms with Gasteiger partial charge >= 0.3 is 5.69 Å². The summed E-state index contributed by atoms with van der Waals surface area (Å²) in [6.45, 7) is 8.32. The van der Waals surface area contributed by atoms with Gasteiger partial charge in [0, 0.05) is 18.7 Å². The van der Waals surface area contributed by atoms with Crippen LogP contribution in [0.2, 0.25) is 0 Å². The van der Waals surface area contributed by atoms with E-state index in [1.165, 1.54) is 32.9 Å². The minimum absolute atomic E-state index is 0.0276. The van der Waals surface area contributed by atoms with Gasteiger partial charge in [-0.2, -0.15) is 0 Å². The van der Waals surface area contributed by atoms with Crippen LogP contribution in [0.5, 0.6) is 0 Å². The topological polar surface area (TPSA) is 114 Å². The van der Waals surface area contributed by atoms with E-state index >= 15 is 0 Å². The summed E-state index contributed by atoms with van der Waals surface area (Å²) >= 11 is 1.17. The number of nitrogens with two attached hydrogens (primary N) is 1. The first kappa shape index (κ1) is 25.4. The van der Waals surface area contributed by atoms with Crippen LogP contribution in [0, 0.1) is 18.7 Å². The van der Waals surface area contributed by atoms with Gasteiger partial charge in [0.05, 0.1) is 5.69 Å². The second-order valence-corrected chi connectivity index (χ2v) is 9.58. The third-order valence-corrected chi connectivity index (χ3v) is 6.67. The number of thiazole rings is 1. The fourth-order valence-electron chi connectivity index (χ4n) is 3.51. The van der Waals surface area contributed by atoms with Crippen molar-refractivity contribution in [3.8, 4) is 10.6 Å². The van der Waals surface area contributed by atoms with Crippen LogP contribution in [0.25, 0.3) is 10.6 Å². The van der Waals surface area contributed by atoms with E-state index in [2.05, 4.69) is 9.97 Å². The van der Waals surface area contributed by atoms with Crippen molar-refractivity contribution in [2.24, 2.45) is 5.92 Å². The Morgan fingerprint density at radius 1 is 1.26 bits per heavy atom. The standard InChI is InChI=1S/C24H30FN5O3S/c1-5-6-12-30-20(26)18(21(31)28-24(30)33)29(13-11-14(2)3)23(32)19-15(4)27-22(34-19)16-7-9-17(25)10-8-16/h7-10,14H,5-6,11-13,26H2,1-4H3,(H,28,31,33). The number of aryl methyl sites for hydroxylation is 1. The number of benzene rings is 1. The maximum atomic E-state index is 13.7. The lowest BCUT2D eigenvalue weighted by atomic mass is 10.1. The highest BCUT2D eigenvalue weighted by molar-refractivity contribution is 7.17. The van der Waals surface area contributed by atoms with Gasteiger partial charge in [-0.15, -0.1) is 11.3 Å². The van der Waals surface area contributed by atoms with Crippen molar-refractivity contribution < 1.29 is 9.18 Å². The first-order valence-corrected chi connectivity index (χ1v) is 12.1. The van der Waals surface area contributed by atoms with E-state index in [4.69, 9.17) is 5.73 Å². The molecule has 182 valence electrons. The molecular weight excluding hydrogens is 457 g/mol. The average Bonchev–Trinajstić information content (AvgIpc) is 3.17. The Labute approximate surface area is 201 Å². The summed E-state index contributed by atoms with van der Waals surface area (Å²) in [6.07, 6.45) is 2.16. The van der Waals surface area contributed by atoms with E-state index in [9.17, 15) is 18.8 Å². The Kier molecular flexibility index (Phi) is 8.03. The Bertz CT molecular complexity index is 1280. The lowest BCUT2D eigenvalue weighted by Crippen LogP contribution is -2.42. The van der Waals surface area contributed by atoms with Gasteiger partial charge in [-0.1, -0.05) is 27.2 Å². The summed E-state index contributed by atoms with van der Waals surface area (Å²) in [4.78, 5) is 47.5. The van der Waals surface area contributed by atoms with Crippen molar-refractivity contribution in [2.45, 2.75) is 53.5 Å². The van der Waals surface area contributed by atoms with E-state index in [1.807, 2.05) is 20.8 Å². The highest BCUT2D eigenvalue weighted by Crippen LogP contribution is 2.31. The summed E-state index contributed by atoms with van der Waals surface area (Å²) in [7, 11) is 0. The molecule has 0 unspecified atom stereocenters. The molecule has 0 aliphatic carbocycles. The van der Waals surface area contributed by atoms with E-state index in [1.54, 1.807) is 19.1 Å². The summed E-state index contributed by atoms with van der Waals surface area (Å²) in [5, 5.41) is 0.569. The normalized spacial score (nSPS) is 11.2. The molecule has 0 fully saturated rings. The van der Waals surface area contributed by atoms with Crippen LogP contribution in [0.3, 0.4) is 0 Å². The Morgan fingerprint density at radius 3 is 2.56 bits per heavy atom. The number of nitrogens with one attached hydrogen (secondary N) is 1. The first-order chi connectivity index (χ1) is 16.1. The SMILES string of the molecule is CCCCn1c(N)c(N(CCC(C)C)C(=O)c2sc(-c3ccc(F)cc3)nc2C)c(=O)[nH]c1=O. The number of unbranched alkanes of at least 4 members (excludes halogenated alkanes) is 1. The van der Waals surface area contributed by atoms with Crippen molar-refractivity contribution in [1.82, 2.24) is 14.5 Å². The molecule has 0 saturated heterocycles. The zero-order chi connectivity index (χ0) is 25.0. The van der Waals surface area contributed by atoms with Crippen molar-refractivity contribution in [3.63, 3.8) is 0 Å². The van der Waals surface area contributed by atoms with E-state index in [0.717, 1.165) is 6.42 Å². The van der Waals surface area contributed by atoms with E-state index < -0.39 is 17.2 Å².